The normalized spacial score (nSPS) is 57.6. The Morgan fingerprint density at radius 2 is 1.91 bits per heavy atom. The molecule has 3 aliphatic carbocycles. The molecule has 0 radical (unpaired) electrons. The van der Waals surface area contributed by atoms with E-state index in [1.165, 1.54) is 5.57 Å². The van der Waals surface area contributed by atoms with Crippen molar-refractivity contribution < 1.29 is 15.3 Å². The number of hydrogen-bond donors (Lipinski definition) is 3. The van der Waals surface area contributed by atoms with Crippen molar-refractivity contribution in [3.05, 3.63) is 11.6 Å². The van der Waals surface area contributed by atoms with E-state index in [1.54, 1.807) is 0 Å². The zero-order valence-corrected chi connectivity index (χ0v) is 14.4. The topological polar surface area (TPSA) is 60.7 Å². The molecule has 3 nitrogen and oxygen atoms in total. The Morgan fingerprint density at radius 3 is 2.68 bits per heavy atom. The van der Waals surface area contributed by atoms with Crippen LogP contribution in [0.15, 0.2) is 11.6 Å². The second-order valence-electron chi connectivity index (χ2n) is 8.50. The van der Waals surface area contributed by atoms with Crippen LogP contribution >= 0.6 is 11.8 Å². The van der Waals surface area contributed by atoms with Gasteiger partial charge in [0.15, 0.2) is 0 Å². The SMILES string of the molecule is C[C@]12CC[C@H](O)C=C1C[C@H](O)C1C2SC[C@@]2(C)C1CC[C@@H]2O. The quantitative estimate of drug-likeness (QED) is 0.599. The fraction of sp³-hybridized carbons (Fsp3) is 0.889. The van der Waals surface area contributed by atoms with Gasteiger partial charge in [-0.25, -0.2) is 0 Å². The van der Waals surface area contributed by atoms with Gasteiger partial charge in [0.1, 0.15) is 0 Å². The summed E-state index contributed by atoms with van der Waals surface area (Å²) in [7, 11) is 0. The van der Waals surface area contributed by atoms with Crippen LogP contribution in [0.5, 0.6) is 0 Å². The number of aliphatic hydroxyl groups is 3. The Balaban J connectivity index is 1.72. The third-order valence-electron chi connectivity index (χ3n) is 7.34. The van der Waals surface area contributed by atoms with E-state index in [1.807, 2.05) is 17.8 Å². The second kappa shape index (κ2) is 4.98. The maximum Gasteiger partial charge on any atom is 0.0724 e. The van der Waals surface area contributed by atoms with Crippen molar-refractivity contribution in [3.63, 3.8) is 0 Å². The number of rotatable bonds is 0. The summed E-state index contributed by atoms with van der Waals surface area (Å²) in [4.78, 5) is 0. The molecule has 1 heterocycles. The maximum absolute atomic E-state index is 10.9. The number of fused-ring (bicyclic) bond motifs is 5. The first-order chi connectivity index (χ1) is 10.4. The molecule has 22 heavy (non-hydrogen) atoms. The van der Waals surface area contributed by atoms with Gasteiger partial charge in [-0.05, 0) is 38.0 Å². The lowest BCUT2D eigenvalue weighted by Gasteiger charge is -2.58. The van der Waals surface area contributed by atoms with Crippen molar-refractivity contribution in [1.82, 2.24) is 0 Å². The maximum atomic E-state index is 10.9. The minimum Gasteiger partial charge on any atom is -0.393 e. The van der Waals surface area contributed by atoms with Crippen LogP contribution in [-0.2, 0) is 0 Å². The van der Waals surface area contributed by atoms with E-state index in [4.69, 9.17) is 0 Å². The van der Waals surface area contributed by atoms with Gasteiger partial charge < -0.3 is 15.3 Å². The molecule has 1 aliphatic heterocycles. The van der Waals surface area contributed by atoms with Crippen LogP contribution < -0.4 is 0 Å². The lowest BCUT2D eigenvalue weighted by molar-refractivity contribution is -0.0397. The average molecular weight is 324 g/mol. The molecule has 1 saturated heterocycles. The van der Waals surface area contributed by atoms with E-state index in [2.05, 4.69) is 13.8 Å². The largest absolute Gasteiger partial charge is 0.393 e. The fourth-order valence-corrected chi connectivity index (χ4v) is 8.03. The highest BCUT2D eigenvalue weighted by atomic mass is 32.2. The molecule has 4 heteroatoms. The molecule has 4 rings (SSSR count). The molecule has 3 fully saturated rings. The van der Waals surface area contributed by atoms with Crippen molar-refractivity contribution in [2.45, 2.75) is 69.5 Å². The van der Waals surface area contributed by atoms with Crippen molar-refractivity contribution in [2.24, 2.45) is 22.7 Å². The Labute approximate surface area is 137 Å². The van der Waals surface area contributed by atoms with Crippen LogP contribution in [0.4, 0.5) is 0 Å². The summed E-state index contributed by atoms with van der Waals surface area (Å²) < 4.78 is 0. The highest BCUT2D eigenvalue weighted by Gasteiger charge is 2.61. The highest BCUT2D eigenvalue weighted by Crippen LogP contribution is 2.64. The number of thioether (sulfide) groups is 1. The lowest BCUT2D eigenvalue weighted by Crippen LogP contribution is -2.58. The van der Waals surface area contributed by atoms with Gasteiger partial charge in [-0.3, -0.25) is 0 Å². The molecule has 0 aromatic carbocycles. The van der Waals surface area contributed by atoms with Crippen LogP contribution in [-0.4, -0.2) is 44.6 Å². The molecule has 0 bridgehead atoms. The molecule has 0 spiro atoms. The molecule has 3 unspecified atom stereocenters. The van der Waals surface area contributed by atoms with Crippen molar-refractivity contribution in [2.75, 3.05) is 5.75 Å². The van der Waals surface area contributed by atoms with E-state index in [0.717, 1.165) is 31.4 Å². The zero-order chi connectivity index (χ0) is 15.7. The molecule has 3 N–H and O–H groups in total. The first kappa shape index (κ1) is 15.5. The van der Waals surface area contributed by atoms with Gasteiger partial charge in [0.2, 0.25) is 0 Å². The third-order valence-corrected chi connectivity index (χ3v) is 9.32. The molecule has 2 saturated carbocycles. The van der Waals surface area contributed by atoms with Gasteiger partial charge in [0.25, 0.3) is 0 Å². The van der Waals surface area contributed by atoms with Gasteiger partial charge in [0.05, 0.1) is 18.3 Å². The van der Waals surface area contributed by atoms with Crippen LogP contribution in [0, 0.1) is 22.7 Å². The van der Waals surface area contributed by atoms with Crippen LogP contribution in [0.3, 0.4) is 0 Å². The van der Waals surface area contributed by atoms with Gasteiger partial charge in [-0.1, -0.05) is 25.5 Å². The minimum atomic E-state index is -0.334. The highest BCUT2D eigenvalue weighted by molar-refractivity contribution is 8.00. The Bertz CT molecular complexity index is 507. The minimum absolute atomic E-state index is 0.0292. The Hall–Kier alpha value is -0.0300. The van der Waals surface area contributed by atoms with Crippen LogP contribution in [0.2, 0.25) is 0 Å². The molecule has 4 aliphatic rings. The van der Waals surface area contributed by atoms with Gasteiger partial charge >= 0.3 is 0 Å². The number of aliphatic hydroxyl groups excluding tert-OH is 3. The predicted octanol–water partition coefficient (Wildman–Crippen LogP) is 2.35. The first-order valence-corrected chi connectivity index (χ1v) is 9.78. The summed E-state index contributed by atoms with van der Waals surface area (Å²) in [5.74, 6) is 1.73. The van der Waals surface area contributed by atoms with Crippen LogP contribution in [0.25, 0.3) is 0 Å². The molecular formula is C18H28O3S. The fourth-order valence-electron chi connectivity index (χ4n) is 5.85. The van der Waals surface area contributed by atoms with Crippen molar-refractivity contribution in [1.29, 1.82) is 0 Å². The molecule has 0 aromatic rings. The summed E-state index contributed by atoms with van der Waals surface area (Å²) in [5, 5.41) is 31.7. The molecule has 0 amide bonds. The predicted molar refractivity (Wildman–Crippen MR) is 88.6 cm³/mol. The van der Waals surface area contributed by atoms with E-state index in [-0.39, 0.29) is 29.1 Å². The standard InChI is InChI=1S/C18H28O3S/c1-17-6-5-11(19)7-10(17)8-13(20)15-12-3-4-14(21)18(12,2)9-22-16(15)17/h7,11-16,19-21H,3-6,8-9H2,1-2H3/t11-,12?,13-,14-,15?,16?,17-,18-/m0/s1. The monoisotopic (exact) mass is 324 g/mol. The summed E-state index contributed by atoms with van der Waals surface area (Å²) in [6.07, 6.45) is 5.65. The molecular weight excluding hydrogens is 296 g/mol. The van der Waals surface area contributed by atoms with Gasteiger partial charge in [-0.15, -0.1) is 0 Å². The third kappa shape index (κ3) is 1.93. The summed E-state index contributed by atoms with van der Waals surface area (Å²) in [6, 6.07) is 0. The van der Waals surface area contributed by atoms with Gasteiger partial charge in [0, 0.05) is 27.8 Å². The molecule has 124 valence electrons. The first-order valence-electron chi connectivity index (χ1n) is 8.73. The van der Waals surface area contributed by atoms with Crippen molar-refractivity contribution >= 4 is 11.8 Å². The van der Waals surface area contributed by atoms with E-state index in [0.29, 0.717) is 23.5 Å². The Kier molecular flexibility index (Phi) is 3.51. The summed E-state index contributed by atoms with van der Waals surface area (Å²) in [6.45, 7) is 4.57. The summed E-state index contributed by atoms with van der Waals surface area (Å²) >= 11 is 1.97. The van der Waals surface area contributed by atoms with E-state index in [9.17, 15) is 15.3 Å². The van der Waals surface area contributed by atoms with Crippen LogP contribution in [0.1, 0.15) is 46.0 Å². The van der Waals surface area contributed by atoms with E-state index < -0.39 is 0 Å². The van der Waals surface area contributed by atoms with E-state index >= 15 is 0 Å². The molecule has 8 atom stereocenters. The number of hydrogen-bond acceptors (Lipinski definition) is 4. The molecule has 0 aromatic heterocycles. The average Bonchev–Trinajstić information content (AvgIpc) is 2.77. The summed E-state index contributed by atoms with van der Waals surface area (Å²) in [5.41, 5.74) is 1.36. The lowest BCUT2D eigenvalue weighted by atomic mass is 9.56. The smallest absolute Gasteiger partial charge is 0.0724 e. The van der Waals surface area contributed by atoms with Gasteiger partial charge in [-0.2, -0.15) is 11.8 Å². The second-order valence-corrected chi connectivity index (χ2v) is 9.63. The zero-order valence-electron chi connectivity index (χ0n) is 13.5. The van der Waals surface area contributed by atoms with Crippen molar-refractivity contribution in [3.8, 4) is 0 Å². The Morgan fingerprint density at radius 1 is 1.14 bits per heavy atom.